The summed E-state index contributed by atoms with van der Waals surface area (Å²) in [6, 6.07) is 3.44. The number of rotatable bonds is 4. The molecule has 1 atom stereocenters. The van der Waals surface area contributed by atoms with Crippen LogP contribution in [-0.4, -0.2) is 12.2 Å². The normalized spacial score (nSPS) is 17.2. The predicted molar refractivity (Wildman–Crippen MR) is 63.9 cm³/mol. The summed E-state index contributed by atoms with van der Waals surface area (Å²) in [6.45, 7) is 0. The van der Waals surface area contributed by atoms with Gasteiger partial charge in [-0.25, -0.2) is 0 Å². The van der Waals surface area contributed by atoms with Crippen molar-refractivity contribution in [2.75, 3.05) is 7.11 Å². The van der Waals surface area contributed by atoms with E-state index < -0.39 is 0 Å². The monoisotopic (exact) mass is 241 g/mol. The number of aromatic hydroxyl groups is 1. The number of halogens is 1. The van der Waals surface area contributed by atoms with Crippen molar-refractivity contribution >= 4 is 11.6 Å². The molecular weight excluding hydrogens is 226 g/mol. The van der Waals surface area contributed by atoms with Gasteiger partial charge in [-0.05, 0) is 30.0 Å². The minimum absolute atomic E-state index is 0.0217. The number of phenols is 1. The van der Waals surface area contributed by atoms with E-state index in [0.29, 0.717) is 10.8 Å². The van der Waals surface area contributed by atoms with E-state index in [1.165, 1.54) is 20.0 Å². The third-order valence-corrected chi connectivity index (χ3v) is 3.27. The zero-order valence-corrected chi connectivity index (χ0v) is 10.00. The number of hydrogen-bond donors (Lipinski definition) is 2. The van der Waals surface area contributed by atoms with Gasteiger partial charge in [0.2, 0.25) is 0 Å². The SMILES string of the molecule is COc1cc([C@H](N)CC2CC2)cc(Cl)c1O. The molecule has 3 nitrogen and oxygen atoms in total. The van der Waals surface area contributed by atoms with Crippen molar-refractivity contribution in [1.29, 1.82) is 0 Å². The van der Waals surface area contributed by atoms with E-state index in [1.54, 1.807) is 12.1 Å². The summed E-state index contributed by atoms with van der Waals surface area (Å²) >= 11 is 5.91. The summed E-state index contributed by atoms with van der Waals surface area (Å²) in [5.74, 6) is 1.12. The maximum Gasteiger partial charge on any atom is 0.176 e. The van der Waals surface area contributed by atoms with E-state index in [0.717, 1.165) is 17.9 Å². The van der Waals surface area contributed by atoms with Crippen LogP contribution in [0.5, 0.6) is 11.5 Å². The summed E-state index contributed by atoms with van der Waals surface area (Å²) in [6.07, 6.45) is 3.53. The van der Waals surface area contributed by atoms with Gasteiger partial charge in [-0.15, -0.1) is 0 Å². The number of phenolic OH excluding ortho intramolecular Hbond substituents is 1. The van der Waals surface area contributed by atoms with E-state index in [4.69, 9.17) is 22.1 Å². The van der Waals surface area contributed by atoms with Crippen molar-refractivity contribution in [2.24, 2.45) is 11.7 Å². The van der Waals surface area contributed by atoms with Crippen LogP contribution in [0.3, 0.4) is 0 Å². The summed E-state index contributed by atoms with van der Waals surface area (Å²) in [5.41, 5.74) is 7.01. The van der Waals surface area contributed by atoms with Crippen LogP contribution < -0.4 is 10.5 Å². The fourth-order valence-corrected chi connectivity index (χ4v) is 2.03. The molecule has 4 heteroatoms. The Morgan fingerprint density at radius 2 is 2.25 bits per heavy atom. The van der Waals surface area contributed by atoms with Gasteiger partial charge in [0.15, 0.2) is 11.5 Å². The summed E-state index contributed by atoms with van der Waals surface area (Å²) in [4.78, 5) is 0. The Hall–Kier alpha value is -0.930. The first-order valence-electron chi connectivity index (χ1n) is 5.43. The summed E-state index contributed by atoms with van der Waals surface area (Å²) < 4.78 is 5.05. The first-order valence-corrected chi connectivity index (χ1v) is 5.81. The number of nitrogens with two attached hydrogens (primary N) is 1. The molecule has 1 aromatic rings. The van der Waals surface area contributed by atoms with Gasteiger partial charge in [0.05, 0.1) is 12.1 Å². The molecule has 0 aromatic heterocycles. The topological polar surface area (TPSA) is 55.5 Å². The first-order chi connectivity index (χ1) is 7.61. The Bertz CT molecular complexity index is 391. The molecule has 0 bridgehead atoms. The van der Waals surface area contributed by atoms with Crippen molar-refractivity contribution in [3.05, 3.63) is 22.7 Å². The number of methoxy groups -OCH3 is 1. The second kappa shape index (κ2) is 4.52. The van der Waals surface area contributed by atoms with E-state index in [9.17, 15) is 5.11 Å². The molecule has 3 N–H and O–H groups in total. The maximum absolute atomic E-state index is 9.60. The molecule has 0 heterocycles. The van der Waals surface area contributed by atoms with Crippen LogP contribution in [0.25, 0.3) is 0 Å². The second-order valence-electron chi connectivity index (χ2n) is 4.34. The molecule has 88 valence electrons. The largest absolute Gasteiger partial charge is 0.503 e. The minimum Gasteiger partial charge on any atom is -0.503 e. The lowest BCUT2D eigenvalue weighted by Gasteiger charge is -2.14. The Labute approximate surface area is 100 Å². The van der Waals surface area contributed by atoms with E-state index >= 15 is 0 Å². The highest BCUT2D eigenvalue weighted by Gasteiger charge is 2.25. The van der Waals surface area contributed by atoms with Gasteiger partial charge in [-0.2, -0.15) is 0 Å². The minimum atomic E-state index is -0.0282. The highest BCUT2D eigenvalue weighted by atomic mass is 35.5. The molecule has 0 unspecified atom stereocenters. The Morgan fingerprint density at radius 1 is 1.56 bits per heavy atom. The molecule has 1 aliphatic carbocycles. The van der Waals surface area contributed by atoms with Crippen LogP contribution in [-0.2, 0) is 0 Å². The molecule has 0 aliphatic heterocycles. The molecule has 1 aromatic carbocycles. The van der Waals surface area contributed by atoms with E-state index in [1.807, 2.05) is 0 Å². The van der Waals surface area contributed by atoms with Gasteiger partial charge in [-0.3, -0.25) is 0 Å². The lowest BCUT2D eigenvalue weighted by atomic mass is 10.0. The number of benzene rings is 1. The Morgan fingerprint density at radius 3 is 2.81 bits per heavy atom. The highest BCUT2D eigenvalue weighted by Crippen LogP contribution is 2.40. The van der Waals surface area contributed by atoms with Gasteiger partial charge < -0.3 is 15.6 Å². The molecule has 0 radical (unpaired) electrons. The van der Waals surface area contributed by atoms with Crippen LogP contribution in [0.1, 0.15) is 30.9 Å². The third kappa shape index (κ3) is 2.42. The van der Waals surface area contributed by atoms with Crippen LogP contribution >= 0.6 is 11.6 Å². The molecule has 1 aliphatic rings. The van der Waals surface area contributed by atoms with Crippen molar-refractivity contribution in [3.63, 3.8) is 0 Å². The van der Waals surface area contributed by atoms with Crippen molar-refractivity contribution in [3.8, 4) is 11.5 Å². The van der Waals surface area contributed by atoms with E-state index in [2.05, 4.69) is 0 Å². The van der Waals surface area contributed by atoms with Gasteiger partial charge in [0.1, 0.15) is 0 Å². The standard InChI is InChI=1S/C12H16ClNO2/c1-16-11-6-8(5-9(13)12(11)15)10(14)4-7-2-3-7/h5-7,10,15H,2-4,14H2,1H3/t10-/m1/s1. The molecule has 1 fully saturated rings. The summed E-state index contributed by atoms with van der Waals surface area (Å²) in [5, 5.41) is 9.89. The third-order valence-electron chi connectivity index (χ3n) is 2.98. The summed E-state index contributed by atoms with van der Waals surface area (Å²) in [7, 11) is 1.50. The molecule has 2 rings (SSSR count). The van der Waals surface area contributed by atoms with Gasteiger partial charge >= 0.3 is 0 Å². The molecular formula is C12H16ClNO2. The van der Waals surface area contributed by atoms with Crippen LogP contribution in [0.4, 0.5) is 0 Å². The van der Waals surface area contributed by atoms with Crippen LogP contribution in [0.2, 0.25) is 5.02 Å². The lowest BCUT2D eigenvalue weighted by Crippen LogP contribution is -2.11. The zero-order valence-electron chi connectivity index (χ0n) is 9.24. The average molecular weight is 242 g/mol. The van der Waals surface area contributed by atoms with E-state index in [-0.39, 0.29) is 11.8 Å². The molecule has 0 spiro atoms. The Balaban J connectivity index is 2.22. The Kier molecular flexibility index (Phi) is 3.26. The van der Waals surface area contributed by atoms with Gasteiger partial charge in [0, 0.05) is 6.04 Å². The predicted octanol–water partition coefficient (Wildman–Crippen LogP) is 2.85. The smallest absolute Gasteiger partial charge is 0.176 e. The number of ether oxygens (including phenoxy) is 1. The first kappa shape index (κ1) is 11.6. The molecule has 0 saturated heterocycles. The lowest BCUT2D eigenvalue weighted by molar-refractivity contribution is 0.372. The maximum atomic E-state index is 9.60. The van der Waals surface area contributed by atoms with Crippen molar-refractivity contribution < 1.29 is 9.84 Å². The molecule has 16 heavy (non-hydrogen) atoms. The fourth-order valence-electron chi connectivity index (χ4n) is 1.81. The average Bonchev–Trinajstić information content (AvgIpc) is 3.05. The van der Waals surface area contributed by atoms with Gasteiger partial charge in [0.25, 0.3) is 0 Å². The number of hydrogen-bond acceptors (Lipinski definition) is 3. The second-order valence-corrected chi connectivity index (χ2v) is 4.75. The fraction of sp³-hybridized carbons (Fsp3) is 0.500. The molecule has 0 amide bonds. The zero-order chi connectivity index (χ0) is 11.7. The molecule has 1 saturated carbocycles. The van der Waals surface area contributed by atoms with Crippen molar-refractivity contribution in [2.45, 2.75) is 25.3 Å². The quantitative estimate of drug-likeness (QED) is 0.852. The van der Waals surface area contributed by atoms with Crippen LogP contribution in [0, 0.1) is 5.92 Å². The van der Waals surface area contributed by atoms with Crippen molar-refractivity contribution in [1.82, 2.24) is 0 Å². The van der Waals surface area contributed by atoms with Gasteiger partial charge in [-0.1, -0.05) is 24.4 Å². The van der Waals surface area contributed by atoms with Crippen LogP contribution in [0.15, 0.2) is 12.1 Å². The highest BCUT2D eigenvalue weighted by molar-refractivity contribution is 6.32.